The van der Waals surface area contributed by atoms with Gasteiger partial charge in [0.25, 0.3) is 5.91 Å². The lowest BCUT2D eigenvalue weighted by Crippen LogP contribution is -2.14. The van der Waals surface area contributed by atoms with E-state index in [4.69, 9.17) is 27.9 Å². The number of amides is 1. The highest BCUT2D eigenvalue weighted by Gasteiger charge is 2.12. The summed E-state index contributed by atoms with van der Waals surface area (Å²) >= 11 is 11.6. The lowest BCUT2D eigenvalue weighted by atomic mass is 10.1. The Bertz CT molecular complexity index is 1030. The third-order valence-corrected chi connectivity index (χ3v) is 4.49. The van der Waals surface area contributed by atoms with Crippen LogP contribution in [0.4, 0.5) is 5.69 Å². The number of halogens is 2. The van der Waals surface area contributed by atoms with Crippen molar-refractivity contribution >= 4 is 46.5 Å². The molecule has 0 aliphatic carbocycles. The first-order chi connectivity index (χ1) is 13.9. The number of rotatable bonds is 6. The van der Waals surface area contributed by atoms with E-state index in [2.05, 4.69) is 5.32 Å². The summed E-state index contributed by atoms with van der Waals surface area (Å²) in [6.07, 6.45) is 0. The number of nitrogens with one attached hydrogen (secondary N) is 1. The fraction of sp³-hybridized carbons (Fsp3) is 0.0455. The molecule has 0 unspecified atom stereocenters. The monoisotopic (exact) mass is 427 g/mol. The fourth-order valence-corrected chi connectivity index (χ4v) is 2.68. The largest absolute Gasteiger partial charge is 0.454 e. The van der Waals surface area contributed by atoms with Gasteiger partial charge in [-0.1, -0.05) is 23.2 Å². The third kappa shape index (κ3) is 5.67. The summed E-state index contributed by atoms with van der Waals surface area (Å²) in [6, 6.07) is 19.0. The fourth-order valence-electron chi connectivity index (χ4n) is 2.43. The first-order valence-electron chi connectivity index (χ1n) is 8.55. The van der Waals surface area contributed by atoms with Crippen molar-refractivity contribution in [3.05, 3.63) is 99.5 Å². The molecule has 3 aromatic carbocycles. The second-order valence-electron chi connectivity index (χ2n) is 6.04. The Balaban J connectivity index is 1.55. The van der Waals surface area contributed by atoms with E-state index in [1.54, 1.807) is 60.7 Å². The second-order valence-corrected chi connectivity index (χ2v) is 6.92. The van der Waals surface area contributed by atoms with Gasteiger partial charge in [-0.3, -0.25) is 9.59 Å². The van der Waals surface area contributed by atoms with Crippen LogP contribution in [0.3, 0.4) is 0 Å². The van der Waals surface area contributed by atoms with Crippen LogP contribution in [0.1, 0.15) is 31.1 Å². The van der Waals surface area contributed by atoms with Crippen LogP contribution in [0.15, 0.2) is 72.8 Å². The molecule has 146 valence electrons. The molecule has 7 heteroatoms. The topological polar surface area (TPSA) is 72.5 Å². The molecule has 29 heavy (non-hydrogen) atoms. The highest BCUT2D eigenvalue weighted by atomic mass is 35.5. The van der Waals surface area contributed by atoms with Crippen molar-refractivity contribution in [3.63, 3.8) is 0 Å². The molecule has 0 spiro atoms. The van der Waals surface area contributed by atoms with Crippen LogP contribution < -0.4 is 5.32 Å². The first-order valence-corrected chi connectivity index (χ1v) is 9.31. The predicted molar refractivity (Wildman–Crippen MR) is 112 cm³/mol. The van der Waals surface area contributed by atoms with E-state index in [-0.39, 0.29) is 23.9 Å². The highest BCUT2D eigenvalue weighted by molar-refractivity contribution is 6.31. The number of ketones is 1. The van der Waals surface area contributed by atoms with Crippen molar-refractivity contribution in [1.82, 2.24) is 0 Å². The molecule has 0 aliphatic rings. The molecule has 5 nitrogen and oxygen atoms in total. The Labute approximate surface area is 177 Å². The predicted octanol–water partition coefficient (Wildman–Crippen LogP) is 5.29. The zero-order valence-corrected chi connectivity index (χ0v) is 16.5. The number of esters is 1. The summed E-state index contributed by atoms with van der Waals surface area (Å²) in [5, 5.41) is 3.78. The standard InChI is InChI=1S/C22H15Cl2NO4/c23-17-7-1-14(2-8-17)20(26)13-29-22(28)16-5-11-19(12-6-16)25-21(27)15-3-9-18(24)10-4-15/h1-12H,13H2,(H,25,27). The summed E-state index contributed by atoms with van der Waals surface area (Å²) in [5.74, 6) is -1.27. The minimum atomic E-state index is -0.636. The summed E-state index contributed by atoms with van der Waals surface area (Å²) in [4.78, 5) is 36.4. The molecule has 0 aromatic heterocycles. The van der Waals surface area contributed by atoms with Gasteiger partial charge < -0.3 is 10.1 Å². The average Bonchev–Trinajstić information content (AvgIpc) is 2.73. The van der Waals surface area contributed by atoms with Crippen molar-refractivity contribution in [3.8, 4) is 0 Å². The van der Waals surface area contributed by atoms with Gasteiger partial charge in [0.05, 0.1) is 5.56 Å². The molecule has 1 N–H and O–H groups in total. The van der Waals surface area contributed by atoms with Crippen LogP contribution in [0.2, 0.25) is 10.0 Å². The number of carbonyl (C=O) groups is 3. The summed E-state index contributed by atoms with van der Waals surface area (Å²) < 4.78 is 5.05. The van der Waals surface area contributed by atoms with Gasteiger partial charge in [-0.05, 0) is 72.8 Å². The molecule has 0 heterocycles. The zero-order chi connectivity index (χ0) is 20.8. The number of anilines is 1. The first kappa shape index (κ1) is 20.6. The molecule has 0 bridgehead atoms. The van der Waals surface area contributed by atoms with Crippen LogP contribution in [-0.4, -0.2) is 24.3 Å². The SMILES string of the molecule is O=C(COC(=O)c1ccc(NC(=O)c2ccc(Cl)cc2)cc1)c1ccc(Cl)cc1. The molecule has 0 radical (unpaired) electrons. The van der Waals surface area contributed by atoms with E-state index in [0.29, 0.717) is 26.9 Å². The average molecular weight is 428 g/mol. The van der Waals surface area contributed by atoms with Crippen LogP contribution in [0.5, 0.6) is 0 Å². The second kappa shape index (κ2) is 9.37. The Kier molecular flexibility index (Phi) is 6.65. The van der Waals surface area contributed by atoms with Gasteiger partial charge in [-0.15, -0.1) is 0 Å². The minimum absolute atomic E-state index is 0.262. The quantitative estimate of drug-likeness (QED) is 0.428. The van der Waals surface area contributed by atoms with Crippen LogP contribution >= 0.6 is 23.2 Å². The lowest BCUT2D eigenvalue weighted by molar-refractivity contribution is 0.0475. The van der Waals surface area contributed by atoms with E-state index in [1.165, 1.54) is 12.1 Å². The minimum Gasteiger partial charge on any atom is -0.454 e. The van der Waals surface area contributed by atoms with Crippen LogP contribution in [0.25, 0.3) is 0 Å². The molecule has 1 amide bonds. The van der Waals surface area contributed by atoms with E-state index in [0.717, 1.165) is 0 Å². The van der Waals surface area contributed by atoms with Crippen molar-refractivity contribution < 1.29 is 19.1 Å². The summed E-state index contributed by atoms with van der Waals surface area (Å²) in [7, 11) is 0. The summed E-state index contributed by atoms with van der Waals surface area (Å²) in [5.41, 5.74) is 1.64. The van der Waals surface area contributed by atoms with Gasteiger partial charge in [-0.2, -0.15) is 0 Å². The maximum atomic E-state index is 12.2. The highest BCUT2D eigenvalue weighted by Crippen LogP contribution is 2.15. The normalized spacial score (nSPS) is 10.3. The number of hydrogen-bond donors (Lipinski definition) is 1. The number of ether oxygens (including phenoxy) is 1. The number of benzene rings is 3. The number of carbonyl (C=O) groups excluding carboxylic acids is 3. The molecule has 0 aliphatic heterocycles. The van der Waals surface area contributed by atoms with Gasteiger partial charge in [0, 0.05) is 26.9 Å². The van der Waals surface area contributed by atoms with Crippen LogP contribution in [0, 0.1) is 0 Å². The molecular formula is C22H15Cl2NO4. The Morgan fingerprint density at radius 2 is 1.17 bits per heavy atom. The molecular weight excluding hydrogens is 413 g/mol. The van der Waals surface area contributed by atoms with E-state index in [9.17, 15) is 14.4 Å². The zero-order valence-electron chi connectivity index (χ0n) is 15.0. The van der Waals surface area contributed by atoms with E-state index >= 15 is 0 Å². The van der Waals surface area contributed by atoms with Crippen molar-refractivity contribution in [1.29, 1.82) is 0 Å². The van der Waals surface area contributed by atoms with Gasteiger partial charge in [0.1, 0.15) is 0 Å². The van der Waals surface area contributed by atoms with Crippen molar-refractivity contribution in [2.45, 2.75) is 0 Å². The molecule has 0 fully saturated rings. The van der Waals surface area contributed by atoms with Gasteiger partial charge >= 0.3 is 5.97 Å². The molecule has 0 saturated heterocycles. The number of Topliss-reactive ketones (excluding diaryl/α,β-unsaturated/α-hetero) is 1. The number of hydrogen-bond acceptors (Lipinski definition) is 4. The smallest absolute Gasteiger partial charge is 0.338 e. The molecule has 0 atom stereocenters. The van der Waals surface area contributed by atoms with Gasteiger partial charge in [-0.25, -0.2) is 4.79 Å². The maximum absolute atomic E-state index is 12.2. The van der Waals surface area contributed by atoms with Gasteiger partial charge in [0.15, 0.2) is 12.4 Å². The molecule has 0 saturated carbocycles. The Hall–Kier alpha value is -3.15. The maximum Gasteiger partial charge on any atom is 0.338 e. The third-order valence-electron chi connectivity index (χ3n) is 3.99. The molecule has 3 rings (SSSR count). The summed E-state index contributed by atoms with van der Waals surface area (Å²) in [6.45, 7) is -0.379. The van der Waals surface area contributed by atoms with Crippen molar-refractivity contribution in [2.75, 3.05) is 11.9 Å². The van der Waals surface area contributed by atoms with Crippen molar-refractivity contribution in [2.24, 2.45) is 0 Å². The van der Waals surface area contributed by atoms with E-state index in [1.807, 2.05) is 0 Å². The Morgan fingerprint density at radius 3 is 1.72 bits per heavy atom. The van der Waals surface area contributed by atoms with Crippen LogP contribution in [-0.2, 0) is 4.74 Å². The van der Waals surface area contributed by atoms with Gasteiger partial charge in [0.2, 0.25) is 0 Å². The lowest BCUT2D eigenvalue weighted by Gasteiger charge is -2.07. The van der Waals surface area contributed by atoms with E-state index < -0.39 is 5.97 Å². The molecule has 3 aromatic rings. The Morgan fingerprint density at radius 1 is 0.690 bits per heavy atom.